The van der Waals surface area contributed by atoms with Crippen LogP contribution in [-0.2, 0) is 23.8 Å². The zero-order valence-corrected chi connectivity index (χ0v) is 46.2. The predicted octanol–water partition coefficient (Wildman–Crippen LogP) is 6.15. The summed E-state index contributed by atoms with van der Waals surface area (Å²) in [5.41, 5.74) is 1.63. The van der Waals surface area contributed by atoms with Crippen LogP contribution in [0.15, 0.2) is 64.6 Å². The Morgan fingerprint density at radius 2 is 1.53 bits per heavy atom. The number of pyridine rings is 2. The van der Waals surface area contributed by atoms with E-state index in [1.807, 2.05) is 17.9 Å². The molecule has 1 aromatic carbocycles. The summed E-state index contributed by atoms with van der Waals surface area (Å²) in [6, 6.07) is 1.58. The molecule has 2 aliphatic carbocycles. The van der Waals surface area contributed by atoms with Gasteiger partial charge in [0.05, 0.1) is 58.7 Å². The lowest BCUT2D eigenvalue weighted by atomic mass is 9.78. The number of aryl methyl sites for hydroxylation is 2. The van der Waals surface area contributed by atoms with E-state index in [9.17, 15) is 34.5 Å². The van der Waals surface area contributed by atoms with Gasteiger partial charge < -0.3 is 54.7 Å². The number of esters is 1. The Morgan fingerprint density at radius 1 is 0.859 bits per heavy atom. The fraction of sp³-hybridized carbons (Fsp3) is 0.525. The third-order valence-corrected chi connectivity index (χ3v) is 17.1. The number of amides is 1. The standard InChI is InChI=1S/C59H72FN5O13/c1-27-13-12-14-28(2)57(73)62-45-48(64-21-18-38(25-64)61-37-17-20-63(24-37)47-31(5)46-39(36-15-16-36)23-29(3)58(74)65(46)26-40(47)60)53(71)42-43(52(45)70)51(69)34(8)55-44(42)56(72)59(10,78-55)76-22-19-41(75-11)30(4)54(77-35(9)66)33(7)50(68)32(6)49(27)67/h12-14,19,22-23,26-27,30,32-33,36-38,41,49-50,54,61,67-69H,15-18,20-21,24-25H2,1-11H3,(H,62,73)/b13-12+,22-19+,28-14-/t27-,30+,32+,33+,37-,38?,41-,49-,50+,54+,59-/m0/s1. The first-order valence-electron chi connectivity index (χ1n) is 27.0. The highest BCUT2D eigenvalue weighted by atomic mass is 19.1. The lowest BCUT2D eigenvalue weighted by Gasteiger charge is -2.38. The van der Waals surface area contributed by atoms with Crippen LogP contribution in [0.25, 0.3) is 5.52 Å². The Kier molecular flexibility index (Phi) is 15.5. The lowest BCUT2D eigenvalue weighted by molar-refractivity contribution is -0.160. The number of methoxy groups -OCH3 is 1. The van der Waals surface area contributed by atoms with E-state index in [2.05, 4.69) is 10.6 Å². The van der Waals surface area contributed by atoms with Gasteiger partial charge in [-0.3, -0.25) is 33.2 Å². The van der Waals surface area contributed by atoms with Crippen molar-refractivity contribution in [3.05, 3.63) is 115 Å². The summed E-state index contributed by atoms with van der Waals surface area (Å²) in [7, 11) is 1.42. The average Bonchev–Trinajstić information content (AvgIpc) is 3.93. The number of phenols is 1. The Hall–Kier alpha value is -6.67. The van der Waals surface area contributed by atoms with Crippen molar-refractivity contribution in [3.63, 3.8) is 0 Å². The number of fused-ring (bicyclic) bond motifs is 15. The molecule has 7 heterocycles. The van der Waals surface area contributed by atoms with Gasteiger partial charge in [-0.25, -0.2) is 4.39 Å². The van der Waals surface area contributed by atoms with Crippen LogP contribution in [0.1, 0.15) is 133 Å². The maximum Gasteiger partial charge on any atom is 0.312 e. The largest absolute Gasteiger partial charge is 0.507 e. The van der Waals surface area contributed by atoms with Gasteiger partial charge in [0.1, 0.15) is 29.0 Å². The van der Waals surface area contributed by atoms with Crippen molar-refractivity contribution in [1.82, 2.24) is 19.9 Å². The molecule has 19 heteroatoms. The van der Waals surface area contributed by atoms with E-state index in [-0.39, 0.29) is 58.9 Å². The van der Waals surface area contributed by atoms with Crippen molar-refractivity contribution in [2.45, 2.75) is 143 Å². The van der Waals surface area contributed by atoms with Gasteiger partial charge in [-0.1, -0.05) is 45.9 Å². The van der Waals surface area contributed by atoms with Gasteiger partial charge in [-0.05, 0) is 82.6 Å². The van der Waals surface area contributed by atoms with E-state index in [0.29, 0.717) is 48.7 Å². The third-order valence-electron chi connectivity index (χ3n) is 17.1. The number of nitrogens with one attached hydrogen (secondary N) is 2. The molecule has 3 aromatic rings. The van der Waals surface area contributed by atoms with E-state index in [1.54, 1.807) is 51.7 Å². The molecular weight excluding hydrogens is 1010 g/mol. The van der Waals surface area contributed by atoms with Gasteiger partial charge in [-0.2, -0.15) is 0 Å². The van der Waals surface area contributed by atoms with E-state index in [1.165, 1.54) is 63.8 Å². The monoisotopic (exact) mass is 1080 g/mol. The molecule has 1 unspecified atom stereocenters. The molecule has 78 heavy (non-hydrogen) atoms. The lowest BCUT2D eigenvalue weighted by Crippen LogP contribution is -2.46. The van der Waals surface area contributed by atoms with Gasteiger partial charge in [0.2, 0.25) is 11.6 Å². The van der Waals surface area contributed by atoms with Crippen molar-refractivity contribution in [2.24, 2.45) is 23.7 Å². The van der Waals surface area contributed by atoms with Crippen molar-refractivity contribution in [2.75, 3.05) is 38.2 Å². The minimum absolute atomic E-state index is 0.0247. The molecule has 18 nitrogen and oxygen atoms in total. The molecule has 0 radical (unpaired) electrons. The van der Waals surface area contributed by atoms with Crippen LogP contribution in [-0.4, -0.2) is 129 Å². The van der Waals surface area contributed by atoms with Crippen LogP contribution in [0.4, 0.5) is 10.1 Å². The Bertz CT molecular complexity index is 3190. The summed E-state index contributed by atoms with van der Waals surface area (Å²) in [5, 5.41) is 41.4. The summed E-state index contributed by atoms with van der Waals surface area (Å²) in [4.78, 5) is 88.9. The second-order valence-corrected chi connectivity index (χ2v) is 22.6. The second kappa shape index (κ2) is 21.5. The number of phenolic OH excluding ortho intramolecular Hbond substituents is 1. The predicted molar refractivity (Wildman–Crippen MR) is 287 cm³/mol. The first kappa shape index (κ1) is 56.1. The van der Waals surface area contributed by atoms with E-state index in [4.69, 9.17) is 18.9 Å². The number of Topliss-reactive ketones (excluding diaryl/α,β-unsaturated/α-hetero) is 3. The molecule has 3 fully saturated rings. The molecular formula is C59H72FN5O13. The third kappa shape index (κ3) is 9.95. The quantitative estimate of drug-likeness (QED) is 0.167. The van der Waals surface area contributed by atoms with Crippen molar-refractivity contribution >= 4 is 40.4 Å². The second-order valence-electron chi connectivity index (χ2n) is 22.6. The van der Waals surface area contributed by atoms with Crippen LogP contribution in [0.3, 0.4) is 0 Å². The summed E-state index contributed by atoms with van der Waals surface area (Å²) in [6.45, 7) is 17.4. The molecule has 5 aliphatic heterocycles. The first-order chi connectivity index (χ1) is 36.9. The first-order valence-corrected chi connectivity index (χ1v) is 27.0. The highest BCUT2D eigenvalue weighted by molar-refractivity contribution is 6.32. The molecule has 5 bridgehead atoms. The number of carbonyl (C=O) groups is 5. The summed E-state index contributed by atoms with van der Waals surface area (Å²) in [5.74, 6) is -9.66. The van der Waals surface area contributed by atoms with Gasteiger partial charge in [0.15, 0.2) is 5.82 Å². The van der Waals surface area contributed by atoms with Crippen LogP contribution < -0.4 is 25.8 Å². The Labute approximate surface area is 452 Å². The number of allylic oxidation sites excluding steroid dienone is 4. The number of carbonyl (C=O) groups excluding carboxylic acids is 5. The summed E-state index contributed by atoms with van der Waals surface area (Å²) in [6.07, 6.45) is 7.79. The van der Waals surface area contributed by atoms with Gasteiger partial charge in [0, 0.05) is 99.6 Å². The molecule has 10 rings (SSSR count). The van der Waals surface area contributed by atoms with Crippen molar-refractivity contribution in [1.29, 1.82) is 0 Å². The normalized spacial score (nSPS) is 31.5. The Balaban J connectivity index is 1.05. The van der Waals surface area contributed by atoms with E-state index < -0.39 is 111 Å². The zero-order valence-electron chi connectivity index (χ0n) is 46.2. The minimum atomic E-state index is -2.14. The molecule has 11 atom stereocenters. The smallest absolute Gasteiger partial charge is 0.312 e. The number of nitrogens with zero attached hydrogens (tertiary/aromatic N) is 3. The van der Waals surface area contributed by atoms with Gasteiger partial charge in [-0.15, -0.1) is 0 Å². The summed E-state index contributed by atoms with van der Waals surface area (Å²) >= 11 is 0. The van der Waals surface area contributed by atoms with Crippen molar-refractivity contribution < 1.29 is 62.6 Å². The number of rotatable bonds is 7. The molecule has 418 valence electrons. The van der Waals surface area contributed by atoms with E-state index in [0.717, 1.165) is 23.9 Å². The number of halogens is 1. The fourth-order valence-electron chi connectivity index (χ4n) is 12.4. The number of aliphatic hydroxyl groups excluding tert-OH is 2. The maximum absolute atomic E-state index is 16.2. The highest BCUT2D eigenvalue weighted by Gasteiger charge is 2.54. The van der Waals surface area contributed by atoms with Crippen LogP contribution >= 0.6 is 0 Å². The number of aromatic hydroxyl groups is 1. The van der Waals surface area contributed by atoms with Gasteiger partial charge in [0.25, 0.3) is 17.2 Å². The molecule has 5 N–H and O–H groups in total. The molecule has 1 saturated carbocycles. The number of aliphatic hydroxyl groups is 2. The minimum Gasteiger partial charge on any atom is -0.507 e. The van der Waals surface area contributed by atoms with Crippen molar-refractivity contribution in [3.8, 4) is 11.5 Å². The number of anilines is 1. The topological polar surface area (TPSA) is 235 Å². The van der Waals surface area contributed by atoms with Crippen LogP contribution in [0, 0.1) is 50.3 Å². The zero-order chi connectivity index (χ0) is 56.6. The molecule has 7 aliphatic rings. The van der Waals surface area contributed by atoms with Crippen LogP contribution in [0.5, 0.6) is 11.5 Å². The number of ether oxygens (including phenoxy) is 4. The average molecular weight is 1080 g/mol. The maximum atomic E-state index is 16.2. The molecule has 1 amide bonds. The van der Waals surface area contributed by atoms with Crippen LogP contribution in [0.2, 0.25) is 0 Å². The fourth-order valence-corrected chi connectivity index (χ4v) is 12.4. The van der Waals surface area contributed by atoms with E-state index >= 15 is 14.0 Å². The number of benzene rings is 1. The molecule has 2 aromatic heterocycles. The number of ketones is 3. The number of hydrogen-bond acceptors (Lipinski definition) is 16. The molecule has 2 saturated heterocycles. The number of aromatic nitrogens is 1. The Morgan fingerprint density at radius 3 is 2.18 bits per heavy atom. The van der Waals surface area contributed by atoms with Gasteiger partial charge >= 0.3 is 11.8 Å². The number of likely N-dealkylation sites (tertiary alicyclic amines) is 1. The highest BCUT2D eigenvalue weighted by Crippen LogP contribution is 2.50. The summed E-state index contributed by atoms with van der Waals surface area (Å²) < 4.78 is 41.5. The number of hydrogen-bond donors (Lipinski definition) is 5. The SMILES string of the molecule is CO[C@H]1/C=C/O[C@@]2(C)Oc3c(C)c(O)c4c(c3C2=O)C(=O)C(N2CCC(N[C@H]3CCN(c5c(F)cn6c(=O)c(C)cc(C7CC7)c6c5C)C3)C2)=C(NC(=O)/C(C)=C\C=C\[C@H](C)[C@H](O)[C@@H](C)[C@@H](O)[C@@H](C)[C@H](OC(C)=O)[C@@H]1C)C4=O. The molecule has 0 spiro atoms.